The van der Waals surface area contributed by atoms with Gasteiger partial charge in [0.2, 0.25) is 0 Å². The molecule has 0 amide bonds. The van der Waals surface area contributed by atoms with Gasteiger partial charge in [0.15, 0.2) is 8.32 Å². The molecule has 0 unspecified atom stereocenters. The highest BCUT2D eigenvalue weighted by Gasteiger charge is 2.59. The lowest BCUT2D eigenvalue weighted by atomic mass is 9.47. The molecule has 30 heavy (non-hydrogen) atoms. The van der Waals surface area contributed by atoms with Crippen LogP contribution in [0.2, 0.25) is 19.6 Å². The molecule has 172 valence electrons. The minimum atomic E-state index is -1.37. The van der Waals surface area contributed by atoms with Crippen LogP contribution in [0.5, 0.6) is 0 Å². The molecule has 4 aliphatic rings. The van der Waals surface area contributed by atoms with E-state index in [1.807, 2.05) is 0 Å². The third-order valence-electron chi connectivity index (χ3n) is 10.2. The topological polar surface area (TPSA) is 29.5 Å². The maximum atomic E-state index is 10.2. The van der Waals surface area contributed by atoms with Crippen molar-refractivity contribution < 1.29 is 9.53 Å². The molecule has 3 fully saturated rings. The van der Waals surface area contributed by atoms with E-state index < -0.39 is 8.32 Å². The third-order valence-corrected chi connectivity index (χ3v) is 11.2. The second kappa shape index (κ2) is 8.34. The van der Waals surface area contributed by atoms with Gasteiger partial charge in [-0.05, 0) is 124 Å². The lowest BCUT2D eigenvalue weighted by Gasteiger charge is -2.58. The Hall–Kier alpha value is -0.123. The first-order valence-corrected chi connectivity index (χ1v) is 16.5. The van der Waals surface area contributed by atoms with Gasteiger partial charge < -0.3 is 9.53 Å². The molecule has 0 aromatic carbocycles. The van der Waals surface area contributed by atoms with Crippen LogP contribution in [0.4, 0.5) is 0 Å². The first-order chi connectivity index (χ1) is 14.0. The number of hydrogen-bond acceptors (Lipinski definition) is 2. The monoisotopic (exact) mass is 432 g/mol. The third kappa shape index (κ3) is 4.12. The van der Waals surface area contributed by atoms with Crippen molar-refractivity contribution in [3.8, 4) is 0 Å². The molecule has 0 saturated heterocycles. The summed E-state index contributed by atoms with van der Waals surface area (Å²) >= 11 is 0. The van der Waals surface area contributed by atoms with Crippen LogP contribution in [0.3, 0.4) is 0 Å². The molecule has 0 bridgehead atoms. The van der Waals surface area contributed by atoms with Crippen molar-refractivity contribution in [1.29, 1.82) is 0 Å². The fourth-order valence-corrected chi connectivity index (χ4v) is 9.36. The Morgan fingerprint density at radius 1 is 1.10 bits per heavy atom. The largest absolute Gasteiger partial charge is 0.418 e. The van der Waals surface area contributed by atoms with Gasteiger partial charge in [-0.15, -0.1) is 0 Å². The van der Waals surface area contributed by atoms with Crippen LogP contribution < -0.4 is 0 Å². The maximum absolute atomic E-state index is 10.2. The van der Waals surface area contributed by atoms with E-state index in [0.29, 0.717) is 10.8 Å². The van der Waals surface area contributed by atoms with Gasteiger partial charge in [-0.3, -0.25) is 0 Å². The molecular formula is C27H48O2Si. The zero-order chi connectivity index (χ0) is 21.7. The molecular weight excluding hydrogens is 384 g/mol. The maximum Gasteiger partial charge on any atom is 0.183 e. The quantitative estimate of drug-likeness (QED) is 0.273. The Balaban J connectivity index is 1.42. The minimum Gasteiger partial charge on any atom is -0.418 e. The first-order valence-electron chi connectivity index (χ1n) is 13.1. The predicted molar refractivity (Wildman–Crippen MR) is 129 cm³/mol. The van der Waals surface area contributed by atoms with Crippen LogP contribution >= 0.6 is 0 Å². The molecule has 0 radical (unpaired) electrons. The normalized spacial score (nSPS) is 44.6. The second-order valence-corrected chi connectivity index (χ2v) is 17.5. The van der Waals surface area contributed by atoms with Gasteiger partial charge in [-0.1, -0.05) is 32.4 Å². The SMILES string of the molecule is C[C@H](CCCO[Si](C)(C)C)[C@H]1CC[C@H]2[C@@H]3CC=C4C[C@@H](O)CC[C@]4(C)[C@H]3CC[C@]12C. The Bertz CT molecular complexity index is 652. The van der Waals surface area contributed by atoms with E-state index in [2.05, 4.69) is 46.5 Å². The van der Waals surface area contributed by atoms with Crippen molar-refractivity contribution in [3.63, 3.8) is 0 Å². The van der Waals surface area contributed by atoms with E-state index in [1.54, 1.807) is 5.57 Å². The summed E-state index contributed by atoms with van der Waals surface area (Å²) in [6, 6.07) is 0. The summed E-state index contributed by atoms with van der Waals surface area (Å²) < 4.78 is 6.13. The van der Waals surface area contributed by atoms with Crippen molar-refractivity contribution in [2.24, 2.45) is 40.4 Å². The molecule has 0 aromatic rings. The lowest BCUT2D eigenvalue weighted by molar-refractivity contribution is -0.0573. The molecule has 2 nitrogen and oxygen atoms in total. The number of allylic oxidation sites excluding steroid dienone is 1. The Kier molecular flexibility index (Phi) is 6.41. The van der Waals surface area contributed by atoms with E-state index in [9.17, 15) is 5.11 Å². The summed E-state index contributed by atoms with van der Waals surface area (Å²) in [4.78, 5) is 0. The molecule has 8 atom stereocenters. The van der Waals surface area contributed by atoms with E-state index >= 15 is 0 Å². The van der Waals surface area contributed by atoms with Crippen molar-refractivity contribution in [2.75, 3.05) is 6.61 Å². The number of hydrogen-bond donors (Lipinski definition) is 1. The fraction of sp³-hybridized carbons (Fsp3) is 0.926. The van der Waals surface area contributed by atoms with Crippen LogP contribution in [-0.4, -0.2) is 26.1 Å². The minimum absolute atomic E-state index is 0.0867. The van der Waals surface area contributed by atoms with Crippen molar-refractivity contribution >= 4 is 8.32 Å². The van der Waals surface area contributed by atoms with Gasteiger partial charge >= 0.3 is 0 Å². The van der Waals surface area contributed by atoms with Crippen LogP contribution in [0.1, 0.15) is 85.0 Å². The van der Waals surface area contributed by atoms with E-state index in [0.717, 1.165) is 49.0 Å². The zero-order valence-electron chi connectivity index (χ0n) is 20.7. The Morgan fingerprint density at radius 2 is 1.87 bits per heavy atom. The average Bonchev–Trinajstić information content (AvgIpc) is 3.02. The van der Waals surface area contributed by atoms with E-state index in [-0.39, 0.29) is 6.10 Å². The fourth-order valence-electron chi connectivity index (χ4n) is 8.60. The van der Waals surface area contributed by atoms with Crippen molar-refractivity contribution in [1.82, 2.24) is 0 Å². The van der Waals surface area contributed by atoms with Gasteiger partial charge in [0.1, 0.15) is 0 Å². The van der Waals surface area contributed by atoms with Crippen LogP contribution in [0, 0.1) is 40.4 Å². The molecule has 4 rings (SSSR count). The lowest BCUT2D eigenvalue weighted by Crippen LogP contribution is -2.50. The molecule has 3 saturated carbocycles. The molecule has 4 aliphatic carbocycles. The second-order valence-electron chi connectivity index (χ2n) is 13.0. The average molecular weight is 433 g/mol. The van der Waals surface area contributed by atoms with Crippen LogP contribution in [0.25, 0.3) is 0 Å². The molecule has 0 aromatic heterocycles. The van der Waals surface area contributed by atoms with Gasteiger partial charge in [0.05, 0.1) is 6.10 Å². The van der Waals surface area contributed by atoms with E-state index in [1.165, 1.54) is 51.4 Å². The molecule has 0 spiro atoms. The van der Waals surface area contributed by atoms with Gasteiger partial charge in [-0.2, -0.15) is 0 Å². The number of fused-ring (bicyclic) bond motifs is 5. The van der Waals surface area contributed by atoms with Crippen LogP contribution in [0.15, 0.2) is 11.6 Å². The molecule has 1 N–H and O–H groups in total. The number of rotatable bonds is 6. The number of aliphatic hydroxyl groups is 1. The molecule has 3 heteroatoms. The van der Waals surface area contributed by atoms with Gasteiger partial charge in [0.25, 0.3) is 0 Å². The zero-order valence-corrected chi connectivity index (χ0v) is 21.7. The summed E-state index contributed by atoms with van der Waals surface area (Å²) in [5, 5.41) is 10.2. The predicted octanol–water partition coefficient (Wildman–Crippen LogP) is 7.19. The van der Waals surface area contributed by atoms with Crippen molar-refractivity contribution in [2.45, 2.75) is 111 Å². The molecule has 0 aliphatic heterocycles. The van der Waals surface area contributed by atoms with Gasteiger partial charge in [0, 0.05) is 6.61 Å². The van der Waals surface area contributed by atoms with Gasteiger partial charge in [-0.25, -0.2) is 0 Å². The van der Waals surface area contributed by atoms with Crippen molar-refractivity contribution in [3.05, 3.63) is 11.6 Å². The summed E-state index contributed by atoms with van der Waals surface area (Å²) in [5.41, 5.74) is 2.54. The molecule has 0 heterocycles. The highest BCUT2D eigenvalue weighted by atomic mass is 28.4. The summed E-state index contributed by atoms with van der Waals surface area (Å²) in [5.74, 6) is 4.41. The highest BCUT2D eigenvalue weighted by molar-refractivity contribution is 6.69. The summed E-state index contributed by atoms with van der Waals surface area (Å²) in [6.07, 6.45) is 15.3. The number of aliphatic hydroxyl groups excluding tert-OH is 1. The van der Waals surface area contributed by atoms with E-state index in [4.69, 9.17) is 4.43 Å². The Morgan fingerprint density at radius 3 is 2.60 bits per heavy atom. The summed E-state index contributed by atoms with van der Waals surface area (Å²) in [7, 11) is -1.37. The summed E-state index contributed by atoms with van der Waals surface area (Å²) in [6.45, 7) is 15.6. The highest BCUT2D eigenvalue weighted by Crippen LogP contribution is 2.67. The smallest absolute Gasteiger partial charge is 0.183 e. The Labute approximate surface area is 187 Å². The van der Waals surface area contributed by atoms with Crippen LogP contribution in [-0.2, 0) is 4.43 Å². The standard InChI is InChI=1S/C27H48O2Si/c1-19(8-7-17-29-30(4,5)6)23-11-12-24-22-10-9-20-18-21(28)13-15-26(20,2)25(22)14-16-27(23,24)3/h9,19,21-25,28H,7-8,10-18H2,1-6H3/t19-,21+,22+,23-,24+,25+,26+,27-/m1/s1. The first kappa shape index (κ1) is 23.0.